The van der Waals surface area contributed by atoms with Crippen LogP contribution in [-0.2, 0) is 6.42 Å². The van der Waals surface area contributed by atoms with Crippen LogP contribution in [0.3, 0.4) is 0 Å². The van der Waals surface area contributed by atoms with Gasteiger partial charge in [-0.15, -0.1) is 11.3 Å². The lowest BCUT2D eigenvalue weighted by molar-refractivity contribution is 0.902. The Bertz CT molecular complexity index is 364. The van der Waals surface area contributed by atoms with Gasteiger partial charge in [-0.25, -0.2) is 0 Å². The summed E-state index contributed by atoms with van der Waals surface area (Å²) >= 11 is 1.69. The Hall–Kier alpha value is -1.13. The van der Waals surface area contributed by atoms with Gasteiger partial charge in [0.15, 0.2) is 0 Å². The molecule has 0 aromatic carbocycles. The maximum absolute atomic E-state index is 5.44. The van der Waals surface area contributed by atoms with E-state index in [1.807, 2.05) is 11.4 Å². The van der Waals surface area contributed by atoms with Gasteiger partial charge in [-0.3, -0.25) is 5.10 Å². The van der Waals surface area contributed by atoms with Crippen LogP contribution in [0.2, 0.25) is 0 Å². The summed E-state index contributed by atoms with van der Waals surface area (Å²) in [4.78, 5) is 1.19. The molecule has 0 aliphatic rings. The van der Waals surface area contributed by atoms with Crippen LogP contribution in [-0.4, -0.2) is 16.7 Å². The fraction of sp³-hybridized carbons (Fsp3) is 0.222. The summed E-state index contributed by atoms with van der Waals surface area (Å²) in [6, 6.07) is 6.14. The topological polar surface area (TPSA) is 54.7 Å². The van der Waals surface area contributed by atoms with E-state index >= 15 is 0 Å². The molecule has 0 bridgehead atoms. The van der Waals surface area contributed by atoms with Gasteiger partial charge in [-0.2, -0.15) is 5.10 Å². The number of nitrogens with two attached hydrogens (primary N) is 1. The van der Waals surface area contributed by atoms with Crippen LogP contribution in [0.25, 0.3) is 10.6 Å². The Morgan fingerprint density at radius 1 is 1.54 bits per heavy atom. The number of nitrogens with zero attached hydrogens (tertiary/aromatic N) is 1. The first-order valence-electron chi connectivity index (χ1n) is 4.18. The van der Waals surface area contributed by atoms with Crippen molar-refractivity contribution >= 4 is 11.3 Å². The summed E-state index contributed by atoms with van der Waals surface area (Å²) < 4.78 is 0. The van der Waals surface area contributed by atoms with E-state index in [0.29, 0.717) is 6.54 Å². The van der Waals surface area contributed by atoms with Crippen molar-refractivity contribution in [3.8, 4) is 10.6 Å². The fourth-order valence-corrected chi connectivity index (χ4v) is 1.88. The van der Waals surface area contributed by atoms with Crippen LogP contribution >= 0.6 is 11.3 Å². The standard InChI is InChI=1S/C9H11N3S/c10-4-3-7-6-8(12-11-7)9-2-1-5-13-9/h1-2,5-6H,3-4,10H2,(H,11,12). The number of hydrogen-bond acceptors (Lipinski definition) is 3. The van der Waals surface area contributed by atoms with Crippen molar-refractivity contribution in [1.29, 1.82) is 0 Å². The maximum atomic E-state index is 5.44. The minimum absolute atomic E-state index is 0.659. The summed E-state index contributed by atoms with van der Waals surface area (Å²) in [5.74, 6) is 0. The quantitative estimate of drug-likeness (QED) is 0.778. The van der Waals surface area contributed by atoms with E-state index in [9.17, 15) is 0 Å². The number of nitrogens with one attached hydrogen (secondary N) is 1. The molecule has 68 valence electrons. The second kappa shape index (κ2) is 3.72. The smallest absolute Gasteiger partial charge is 0.102 e. The van der Waals surface area contributed by atoms with Crippen LogP contribution < -0.4 is 5.73 Å². The summed E-state index contributed by atoms with van der Waals surface area (Å²) in [5.41, 5.74) is 7.56. The summed E-state index contributed by atoms with van der Waals surface area (Å²) in [6.07, 6.45) is 0.859. The molecule has 0 saturated carbocycles. The number of thiophene rings is 1. The lowest BCUT2D eigenvalue weighted by Gasteiger charge is -1.87. The predicted octanol–water partition coefficient (Wildman–Crippen LogP) is 1.64. The van der Waals surface area contributed by atoms with E-state index in [1.165, 1.54) is 4.88 Å². The summed E-state index contributed by atoms with van der Waals surface area (Å²) in [5, 5.41) is 9.23. The molecule has 3 nitrogen and oxygen atoms in total. The first kappa shape index (κ1) is 8.47. The number of aromatic amines is 1. The minimum Gasteiger partial charge on any atom is -0.330 e. The molecule has 0 aliphatic carbocycles. The van der Waals surface area contributed by atoms with E-state index in [4.69, 9.17) is 5.73 Å². The van der Waals surface area contributed by atoms with Crippen molar-refractivity contribution in [3.63, 3.8) is 0 Å². The van der Waals surface area contributed by atoms with Gasteiger partial charge < -0.3 is 5.73 Å². The molecule has 2 heterocycles. The third-order valence-electron chi connectivity index (χ3n) is 1.82. The second-order valence-corrected chi connectivity index (χ2v) is 3.74. The van der Waals surface area contributed by atoms with E-state index in [2.05, 4.69) is 22.3 Å². The molecule has 0 saturated heterocycles. The second-order valence-electron chi connectivity index (χ2n) is 2.79. The largest absolute Gasteiger partial charge is 0.330 e. The molecule has 0 aliphatic heterocycles. The molecule has 0 amide bonds. The molecule has 0 spiro atoms. The van der Waals surface area contributed by atoms with E-state index < -0.39 is 0 Å². The minimum atomic E-state index is 0.659. The van der Waals surface area contributed by atoms with E-state index in [0.717, 1.165) is 17.8 Å². The van der Waals surface area contributed by atoms with Crippen LogP contribution in [0, 0.1) is 0 Å². The molecule has 2 aromatic heterocycles. The Labute approximate surface area is 80.6 Å². The Kier molecular flexibility index (Phi) is 2.42. The van der Waals surface area contributed by atoms with Gasteiger partial charge in [-0.05, 0) is 24.1 Å². The third kappa shape index (κ3) is 1.79. The highest BCUT2D eigenvalue weighted by Gasteiger charge is 2.03. The molecule has 2 rings (SSSR count). The van der Waals surface area contributed by atoms with Gasteiger partial charge in [0.05, 0.1) is 4.88 Å². The molecular formula is C9H11N3S. The molecule has 0 atom stereocenters. The molecule has 3 N–H and O–H groups in total. The van der Waals surface area contributed by atoms with Crippen molar-refractivity contribution in [2.75, 3.05) is 6.54 Å². The molecule has 0 fully saturated rings. The molecule has 2 aromatic rings. The predicted molar refractivity (Wildman–Crippen MR) is 54.7 cm³/mol. The zero-order chi connectivity index (χ0) is 9.10. The number of H-pyrrole nitrogens is 1. The summed E-state index contributed by atoms with van der Waals surface area (Å²) in [7, 11) is 0. The first-order chi connectivity index (χ1) is 6.40. The van der Waals surface area contributed by atoms with E-state index in [1.54, 1.807) is 11.3 Å². The number of hydrogen-bond donors (Lipinski definition) is 2. The Morgan fingerprint density at radius 2 is 2.46 bits per heavy atom. The Balaban J connectivity index is 2.23. The zero-order valence-electron chi connectivity index (χ0n) is 7.16. The average molecular weight is 193 g/mol. The molecule has 0 radical (unpaired) electrons. The highest BCUT2D eigenvalue weighted by Crippen LogP contribution is 2.22. The van der Waals surface area contributed by atoms with Gasteiger partial charge in [0.2, 0.25) is 0 Å². The lowest BCUT2D eigenvalue weighted by Crippen LogP contribution is -2.02. The lowest BCUT2D eigenvalue weighted by atomic mass is 10.2. The highest BCUT2D eigenvalue weighted by atomic mass is 32.1. The van der Waals surface area contributed by atoms with Crippen LogP contribution in [0.5, 0.6) is 0 Å². The van der Waals surface area contributed by atoms with Gasteiger partial charge in [0.1, 0.15) is 5.69 Å². The van der Waals surface area contributed by atoms with Crippen molar-refractivity contribution in [2.45, 2.75) is 6.42 Å². The van der Waals surface area contributed by atoms with E-state index in [-0.39, 0.29) is 0 Å². The molecule has 4 heteroatoms. The van der Waals surface area contributed by atoms with Crippen molar-refractivity contribution in [1.82, 2.24) is 10.2 Å². The highest BCUT2D eigenvalue weighted by molar-refractivity contribution is 7.13. The fourth-order valence-electron chi connectivity index (χ4n) is 1.20. The van der Waals surface area contributed by atoms with Crippen molar-refractivity contribution in [2.24, 2.45) is 5.73 Å². The maximum Gasteiger partial charge on any atom is 0.102 e. The number of rotatable bonds is 3. The normalized spacial score (nSPS) is 10.5. The van der Waals surface area contributed by atoms with Crippen LogP contribution in [0.1, 0.15) is 5.69 Å². The third-order valence-corrected chi connectivity index (χ3v) is 2.71. The van der Waals surface area contributed by atoms with Crippen molar-refractivity contribution < 1.29 is 0 Å². The SMILES string of the molecule is NCCc1cc(-c2cccs2)n[nH]1. The average Bonchev–Trinajstić information content (AvgIpc) is 2.70. The van der Waals surface area contributed by atoms with Gasteiger partial charge >= 0.3 is 0 Å². The zero-order valence-corrected chi connectivity index (χ0v) is 7.97. The number of aromatic nitrogens is 2. The van der Waals surface area contributed by atoms with Crippen molar-refractivity contribution in [3.05, 3.63) is 29.3 Å². The van der Waals surface area contributed by atoms with Gasteiger partial charge in [0.25, 0.3) is 0 Å². The molecular weight excluding hydrogens is 182 g/mol. The molecule has 0 unspecified atom stereocenters. The van der Waals surface area contributed by atoms with Gasteiger partial charge in [0, 0.05) is 12.1 Å². The first-order valence-corrected chi connectivity index (χ1v) is 5.06. The summed E-state index contributed by atoms with van der Waals surface area (Å²) in [6.45, 7) is 0.659. The Morgan fingerprint density at radius 3 is 3.15 bits per heavy atom. The molecule has 13 heavy (non-hydrogen) atoms. The van der Waals surface area contributed by atoms with Crippen LogP contribution in [0.15, 0.2) is 23.6 Å². The van der Waals surface area contributed by atoms with Gasteiger partial charge in [-0.1, -0.05) is 6.07 Å². The van der Waals surface area contributed by atoms with Crippen LogP contribution in [0.4, 0.5) is 0 Å². The monoisotopic (exact) mass is 193 g/mol.